The summed E-state index contributed by atoms with van der Waals surface area (Å²) < 4.78 is 13.2. The molecule has 2 heterocycles. The van der Waals surface area contributed by atoms with Crippen LogP contribution >= 0.6 is 0 Å². The lowest BCUT2D eigenvalue weighted by atomic mass is 9.67. The van der Waals surface area contributed by atoms with Crippen molar-refractivity contribution < 1.29 is 9.47 Å². The summed E-state index contributed by atoms with van der Waals surface area (Å²) in [6.45, 7) is 0. The molecule has 0 amide bonds. The summed E-state index contributed by atoms with van der Waals surface area (Å²) in [7, 11) is 0. The Hall–Kier alpha value is -14.6. The summed E-state index contributed by atoms with van der Waals surface area (Å²) in [5.41, 5.74) is 26.0. The summed E-state index contributed by atoms with van der Waals surface area (Å²) in [5.74, 6) is 6.65. The molecule has 3 aliphatic carbocycles. The lowest BCUT2D eigenvalue weighted by Gasteiger charge is -2.34. The van der Waals surface area contributed by atoms with Crippen molar-refractivity contribution in [3.63, 3.8) is 0 Å². The molecule has 0 saturated heterocycles. The molecule has 0 bridgehead atoms. The van der Waals surface area contributed by atoms with Crippen LogP contribution in [0.15, 0.2) is 406 Å². The third-order valence-electron chi connectivity index (χ3n) is 22.2. The lowest BCUT2D eigenvalue weighted by Crippen LogP contribution is -2.28. The van der Waals surface area contributed by atoms with Gasteiger partial charge in [-0.25, -0.2) is 29.9 Å². The number of fused-ring (bicyclic) bond motifs is 6. The molecule has 0 spiro atoms. The van der Waals surface area contributed by atoms with Crippen LogP contribution < -0.4 is 9.47 Å². The molecule has 2 aromatic heterocycles. The van der Waals surface area contributed by atoms with Gasteiger partial charge in [0.15, 0.2) is 34.9 Å². The van der Waals surface area contributed by atoms with Gasteiger partial charge in [-0.15, -0.1) is 0 Å². The molecule has 1 atom stereocenters. The minimum absolute atomic E-state index is 0.456. The highest BCUT2D eigenvalue weighted by molar-refractivity contribution is 5.96. The van der Waals surface area contributed by atoms with Crippen LogP contribution in [0.25, 0.3) is 118 Å². The van der Waals surface area contributed by atoms with Crippen LogP contribution in [-0.4, -0.2) is 29.9 Å². The van der Waals surface area contributed by atoms with Gasteiger partial charge in [0.1, 0.15) is 23.0 Å². The molecular formula is C104H70N6O2. The van der Waals surface area contributed by atoms with Gasteiger partial charge in [0.05, 0.1) is 10.8 Å². The highest BCUT2D eigenvalue weighted by atomic mass is 16.5. The molecule has 20 rings (SSSR count). The van der Waals surface area contributed by atoms with E-state index in [1.807, 2.05) is 140 Å². The van der Waals surface area contributed by atoms with E-state index in [-0.39, 0.29) is 0 Å². The van der Waals surface area contributed by atoms with Crippen LogP contribution in [0.1, 0.15) is 62.9 Å². The highest BCUT2D eigenvalue weighted by Gasteiger charge is 2.48. The fourth-order valence-electron chi connectivity index (χ4n) is 17.0. The van der Waals surface area contributed by atoms with E-state index in [9.17, 15) is 0 Å². The number of hydrogen-bond acceptors (Lipinski definition) is 8. The second-order valence-electron chi connectivity index (χ2n) is 28.6. The quantitative estimate of drug-likeness (QED) is 0.0890. The lowest BCUT2D eigenvalue weighted by molar-refractivity contribution is 0.404. The first-order chi connectivity index (χ1) is 55.5. The van der Waals surface area contributed by atoms with E-state index in [1.165, 1.54) is 77.9 Å². The Morgan fingerprint density at radius 2 is 0.554 bits per heavy atom. The van der Waals surface area contributed by atoms with Crippen molar-refractivity contribution in [2.45, 2.75) is 23.7 Å². The number of rotatable bonds is 17. The summed E-state index contributed by atoms with van der Waals surface area (Å²) in [4.78, 5) is 30.3. The van der Waals surface area contributed by atoms with Gasteiger partial charge in [-0.05, 0) is 185 Å². The van der Waals surface area contributed by atoms with E-state index < -0.39 is 10.8 Å². The zero-order valence-electron chi connectivity index (χ0n) is 61.0. The molecule has 0 N–H and O–H groups in total. The van der Waals surface area contributed by atoms with Crippen molar-refractivity contribution in [2.75, 3.05) is 0 Å². The van der Waals surface area contributed by atoms with Crippen molar-refractivity contribution in [1.29, 1.82) is 0 Å². The number of allylic oxidation sites excluding steroid dienone is 4. The van der Waals surface area contributed by atoms with E-state index >= 15 is 0 Å². The average Bonchev–Trinajstić information content (AvgIpc) is 1.54. The average molecular weight is 1440 g/mol. The Morgan fingerprint density at radius 1 is 0.205 bits per heavy atom. The molecule has 0 saturated carbocycles. The van der Waals surface area contributed by atoms with Crippen LogP contribution in [0, 0.1) is 0 Å². The summed E-state index contributed by atoms with van der Waals surface area (Å²) >= 11 is 0. The Balaban J connectivity index is 0.567. The minimum atomic E-state index is -0.638. The van der Waals surface area contributed by atoms with Crippen LogP contribution in [0.2, 0.25) is 0 Å². The summed E-state index contributed by atoms with van der Waals surface area (Å²) in [6.07, 6.45) is 5.98. The molecule has 528 valence electrons. The van der Waals surface area contributed by atoms with Gasteiger partial charge in [0, 0.05) is 39.8 Å². The largest absolute Gasteiger partial charge is 0.462 e. The first-order valence-electron chi connectivity index (χ1n) is 38.1. The van der Waals surface area contributed by atoms with E-state index in [4.69, 9.17) is 39.4 Å². The molecule has 0 fully saturated rings. The SMILES string of the molecule is C1=C(Oc2ccc(-c3nc(-c4ccccc4)nc(-c4cccc(-c5ccc(C6(c7ccccc7)c7ccccc7-c7c(-c8ccc(Oc9ccc(-c%10nc(-c%11ccccc%11)nc(-c%11ccccc%11)n%10)cc9)cc8)cccc76)cc5)c4)n3)cc2)CCC(c2ccc3c(c2)C(c2ccccc2)(c2ccccc2)c2ccccc2-3)=C1. The highest BCUT2D eigenvalue weighted by Crippen LogP contribution is 2.60. The maximum Gasteiger partial charge on any atom is 0.164 e. The maximum absolute atomic E-state index is 6.66. The first kappa shape index (κ1) is 66.8. The predicted octanol–water partition coefficient (Wildman–Crippen LogP) is 25.1. The van der Waals surface area contributed by atoms with Gasteiger partial charge in [-0.3, -0.25) is 0 Å². The zero-order valence-corrected chi connectivity index (χ0v) is 61.0. The van der Waals surface area contributed by atoms with Gasteiger partial charge < -0.3 is 9.47 Å². The predicted molar refractivity (Wildman–Crippen MR) is 450 cm³/mol. The normalized spacial score (nSPS) is 14.2. The molecule has 15 aromatic carbocycles. The van der Waals surface area contributed by atoms with Crippen LogP contribution in [0.3, 0.4) is 0 Å². The Kier molecular flexibility index (Phi) is 17.0. The number of benzene rings is 15. The first-order valence-corrected chi connectivity index (χ1v) is 38.1. The van der Waals surface area contributed by atoms with Gasteiger partial charge in [-0.1, -0.05) is 322 Å². The van der Waals surface area contributed by atoms with Crippen molar-refractivity contribution >= 4 is 5.57 Å². The Bertz CT molecular complexity index is 6340. The zero-order chi connectivity index (χ0) is 74.4. The van der Waals surface area contributed by atoms with E-state index in [2.05, 4.69) is 261 Å². The maximum atomic E-state index is 6.66. The van der Waals surface area contributed by atoms with Gasteiger partial charge in [0.25, 0.3) is 0 Å². The van der Waals surface area contributed by atoms with Gasteiger partial charge in [0.2, 0.25) is 0 Å². The smallest absolute Gasteiger partial charge is 0.164 e. The Labute approximate surface area is 650 Å². The molecule has 1 unspecified atom stereocenters. The number of ether oxygens (including phenoxy) is 2. The summed E-state index contributed by atoms with van der Waals surface area (Å²) in [6, 6.07) is 137. The molecular weight excluding hydrogens is 1370 g/mol. The van der Waals surface area contributed by atoms with Crippen molar-refractivity contribution in [3.05, 3.63) is 456 Å². The van der Waals surface area contributed by atoms with Gasteiger partial charge in [-0.2, -0.15) is 0 Å². The van der Waals surface area contributed by atoms with Crippen LogP contribution in [0.4, 0.5) is 0 Å². The molecule has 17 aromatic rings. The topological polar surface area (TPSA) is 95.8 Å². The molecule has 0 radical (unpaired) electrons. The van der Waals surface area contributed by atoms with Crippen LogP contribution in [0.5, 0.6) is 17.2 Å². The fourth-order valence-corrected chi connectivity index (χ4v) is 17.0. The second-order valence-corrected chi connectivity index (χ2v) is 28.6. The number of nitrogens with zero attached hydrogens (tertiary/aromatic N) is 6. The molecule has 8 heteroatoms. The third-order valence-corrected chi connectivity index (χ3v) is 22.2. The summed E-state index contributed by atoms with van der Waals surface area (Å²) in [5, 5.41) is 0. The van der Waals surface area contributed by atoms with E-state index in [0.29, 0.717) is 40.7 Å². The molecule has 0 aliphatic heterocycles. The fraction of sp³-hybridized carbons (Fsp3) is 0.0385. The van der Waals surface area contributed by atoms with Crippen molar-refractivity contribution in [1.82, 2.24) is 29.9 Å². The minimum Gasteiger partial charge on any atom is -0.462 e. The number of hydrogen-bond donors (Lipinski definition) is 0. The van der Waals surface area contributed by atoms with Gasteiger partial charge >= 0.3 is 0 Å². The van der Waals surface area contributed by atoms with E-state index in [0.717, 1.165) is 85.7 Å². The second kappa shape index (κ2) is 28.5. The van der Waals surface area contributed by atoms with E-state index in [1.54, 1.807) is 0 Å². The van der Waals surface area contributed by atoms with Crippen molar-refractivity contribution in [3.8, 4) is 130 Å². The van der Waals surface area contributed by atoms with Crippen LogP contribution in [-0.2, 0) is 10.8 Å². The third kappa shape index (κ3) is 12.0. The Morgan fingerprint density at radius 3 is 1.05 bits per heavy atom. The monoisotopic (exact) mass is 1430 g/mol. The molecule has 8 nitrogen and oxygen atoms in total. The number of aromatic nitrogens is 6. The van der Waals surface area contributed by atoms with Crippen molar-refractivity contribution in [2.24, 2.45) is 0 Å². The standard InChI is InChI=1S/C104H70N6O2/c1-7-25-72(26-8-1)97-105-98(73-27-9-2-10-28-73)107-100(106-97)75-51-62-87(63-52-75)112-85-60-49-71(50-61-85)88-41-24-44-94-96(88)91-40-20-22-43-93(91)103(94,80-33-13-4-14-34-80)83-56-45-69(46-57-83)77-31-23-32-79(67-77)102-109-99(74-29-11-3-12-30-74)108-101(110-102)76-53-64-86(65-54-76)111-84-58-47-70(48-59-84)78-55-66-90-89-39-19-21-42-92(89)104(95(90)68-78,81-35-15-5-16-36-81)82-37-17-6-18-38-82/h1-47,49-58,60-68H,48,59H2. The molecule has 112 heavy (non-hydrogen) atoms. The molecule has 3 aliphatic rings.